The number of allylic oxidation sites excluding steroid dienone is 3. The van der Waals surface area contributed by atoms with Crippen LogP contribution < -0.4 is 0 Å². The van der Waals surface area contributed by atoms with E-state index in [-0.39, 0.29) is 5.92 Å². The van der Waals surface area contributed by atoms with Crippen molar-refractivity contribution >= 4 is 114 Å². The molecule has 2 aliphatic rings. The summed E-state index contributed by atoms with van der Waals surface area (Å²) >= 11 is 1.88. The Kier molecular flexibility index (Phi) is 7.38. The van der Waals surface area contributed by atoms with Crippen molar-refractivity contribution in [2.24, 2.45) is 10.9 Å². The Morgan fingerprint density at radius 2 is 1.30 bits per heavy atom. The molecule has 0 radical (unpaired) electrons. The molecule has 1 unspecified atom stereocenters. The number of nitrogens with zero attached hydrogens (tertiary/aromatic N) is 2. The van der Waals surface area contributed by atoms with Gasteiger partial charge >= 0.3 is 0 Å². The third-order valence-electron chi connectivity index (χ3n) is 13.8. The van der Waals surface area contributed by atoms with Gasteiger partial charge in [0.05, 0.1) is 28.1 Å². The standard InChI is InChI=1S/C59H38N2OS/c1-34-21-25-41-45-27-28-46-43-15-6-8-19-53(43)62-58(46)57(45)61-51-30-35(22-26-42(51)49-32-38-13-4-5-14-39(38)33-52(49)61)29-50(41)56(40-24-23-36-11-2-3-12-37(36)31-40)60-55(34)48-18-10-17-47-44-16-7-9-20-54(44)63-59(47)48/h2-20,22-28,30-34H,21,29H2,1H3/b41-25+,56-50-,60-55+. The van der Waals surface area contributed by atoms with Gasteiger partial charge in [-0.25, -0.2) is 0 Å². The van der Waals surface area contributed by atoms with Crippen LogP contribution in [0.4, 0.5) is 0 Å². The number of aromatic nitrogens is 1. The summed E-state index contributed by atoms with van der Waals surface area (Å²) in [6, 6.07) is 64.9. The molecule has 2 bridgehead atoms. The Morgan fingerprint density at radius 1 is 0.571 bits per heavy atom. The number of para-hydroxylation sites is 1. The highest BCUT2D eigenvalue weighted by Gasteiger charge is 2.30. The summed E-state index contributed by atoms with van der Waals surface area (Å²) in [5, 5.41) is 12.2. The quantitative estimate of drug-likeness (QED) is 0.171. The van der Waals surface area contributed by atoms with Crippen LogP contribution in [0.3, 0.4) is 0 Å². The summed E-state index contributed by atoms with van der Waals surface area (Å²) in [5.74, 6) is 0.128. The molecule has 0 saturated heterocycles. The second-order valence-electron chi connectivity index (χ2n) is 17.4. The minimum absolute atomic E-state index is 0.128. The molecule has 3 nitrogen and oxygen atoms in total. The minimum Gasteiger partial charge on any atom is -0.454 e. The monoisotopic (exact) mass is 822 g/mol. The normalized spacial score (nSPS) is 18.3. The van der Waals surface area contributed by atoms with E-state index in [1.165, 1.54) is 85.8 Å². The zero-order chi connectivity index (χ0) is 41.3. The van der Waals surface area contributed by atoms with Crippen molar-refractivity contribution in [3.8, 4) is 5.69 Å². The van der Waals surface area contributed by atoms with Crippen molar-refractivity contribution in [2.75, 3.05) is 0 Å². The molecule has 3 aromatic heterocycles. The minimum atomic E-state index is 0.128. The van der Waals surface area contributed by atoms with E-state index < -0.39 is 0 Å². The first kappa shape index (κ1) is 35.1. The van der Waals surface area contributed by atoms with Crippen LogP contribution in [0.15, 0.2) is 197 Å². The van der Waals surface area contributed by atoms with Gasteiger partial charge < -0.3 is 8.98 Å². The predicted molar refractivity (Wildman–Crippen MR) is 268 cm³/mol. The summed E-state index contributed by atoms with van der Waals surface area (Å²) in [6.45, 7) is 2.36. The van der Waals surface area contributed by atoms with Gasteiger partial charge in [0.15, 0.2) is 5.58 Å². The zero-order valence-corrected chi connectivity index (χ0v) is 35.3. The summed E-state index contributed by atoms with van der Waals surface area (Å²) in [6.07, 6.45) is 4.06. The van der Waals surface area contributed by atoms with Crippen molar-refractivity contribution in [1.29, 1.82) is 0 Å². The first-order chi connectivity index (χ1) is 31.1. The molecule has 296 valence electrons. The van der Waals surface area contributed by atoms with Crippen LogP contribution in [-0.4, -0.2) is 10.3 Å². The topological polar surface area (TPSA) is 30.4 Å². The second-order valence-corrected chi connectivity index (χ2v) is 18.5. The summed E-state index contributed by atoms with van der Waals surface area (Å²) < 4.78 is 12.2. The van der Waals surface area contributed by atoms with Gasteiger partial charge in [-0.3, -0.25) is 4.99 Å². The molecule has 63 heavy (non-hydrogen) atoms. The fraction of sp³-hybridized carbons (Fsp3) is 0.0678. The lowest BCUT2D eigenvalue weighted by molar-refractivity contribution is 0.666. The van der Waals surface area contributed by atoms with Gasteiger partial charge in [0, 0.05) is 70.7 Å². The Bertz CT molecular complexity index is 4060. The molecule has 4 heteroatoms. The molecule has 5 heterocycles. The first-order valence-corrected chi connectivity index (χ1v) is 22.8. The molecule has 0 amide bonds. The lowest BCUT2D eigenvalue weighted by Crippen LogP contribution is -2.16. The fourth-order valence-electron chi connectivity index (χ4n) is 10.8. The number of furan rings is 1. The molecule has 14 rings (SSSR count). The van der Waals surface area contributed by atoms with Crippen LogP contribution >= 0.6 is 11.3 Å². The van der Waals surface area contributed by atoms with Crippen molar-refractivity contribution in [3.05, 3.63) is 210 Å². The molecule has 2 aliphatic heterocycles. The van der Waals surface area contributed by atoms with Crippen molar-refractivity contribution in [1.82, 2.24) is 4.57 Å². The number of hydrogen-bond acceptors (Lipinski definition) is 3. The van der Waals surface area contributed by atoms with Crippen LogP contribution in [0.1, 0.15) is 35.6 Å². The van der Waals surface area contributed by atoms with E-state index in [0.29, 0.717) is 6.42 Å². The van der Waals surface area contributed by atoms with Gasteiger partial charge in [-0.1, -0.05) is 146 Å². The Balaban J connectivity index is 1.13. The molecule has 0 saturated carbocycles. The largest absolute Gasteiger partial charge is 0.454 e. The third kappa shape index (κ3) is 5.16. The molecule has 9 aromatic carbocycles. The van der Waals surface area contributed by atoms with Crippen molar-refractivity contribution < 1.29 is 4.42 Å². The van der Waals surface area contributed by atoms with Crippen LogP contribution in [0.5, 0.6) is 0 Å². The van der Waals surface area contributed by atoms with Crippen LogP contribution in [-0.2, 0) is 6.42 Å². The van der Waals surface area contributed by atoms with E-state index in [1.807, 2.05) is 11.3 Å². The Morgan fingerprint density at radius 3 is 2.19 bits per heavy atom. The summed E-state index contributed by atoms with van der Waals surface area (Å²) in [7, 11) is 0. The van der Waals surface area contributed by atoms with Crippen molar-refractivity contribution in [3.63, 3.8) is 0 Å². The Labute approximate surface area is 367 Å². The lowest BCUT2D eigenvalue weighted by Gasteiger charge is -2.25. The maximum Gasteiger partial charge on any atom is 0.160 e. The number of rotatable bonds is 2. The predicted octanol–water partition coefficient (Wildman–Crippen LogP) is 16.2. The first-order valence-electron chi connectivity index (χ1n) is 22.0. The van der Waals surface area contributed by atoms with Gasteiger partial charge in [-0.15, -0.1) is 11.3 Å². The highest BCUT2D eigenvalue weighted by atomic mass is 32.1. The second kappa shape index (κ2) is 13.2. The number of aliphatic imine (C=N–C) groups is 1. The molecular weight excluding hydrogens is 785 g/mol. The molecule has 1 atom stereocenters. The van der Waals surface area contributed by atoms with Gasteiger partial charge in [-0.05, 0) is 87.1 Å². The molecule has 0 spiro atoms. The average molecular weight is 823 g/mol. The average Bonchev–Trinajstić information content (AvgIpc) is 4.00. The maximum atomic E-state index is 7.06. The van der Waals surface area contributed by atoms with Crippen LogP contribution in [0.25, 0.3) is 102 Å². The van der Waals surface area contributed by atoms with Gasteiger partial charge in [-0.2, -0.15) is 0 Å². The van der Waals surface area contributed by atoms with Gasteiger partial charge in [0.2, 0.25) is 0 Å². The summed E-state index contributed by atoms with van der Waals surface area (Å²) in [4.78, 5) is 6.03. The van der Waals surface area contributed by atoms with Gasteiger partial charge in [0.25, 0.3) is 0 Å². The van der Waals surface area contributed by atoms with Gasteiger partial charge in [0.1, 0.15) is 5.58 Å². The van der Waals surface area contributed by atoms with E-state index in [4.69, 9.17) is 9.41 Å². The molecule has 0 fully saturated rings. The SMILES string of the molecule is CC1C/C=C2/C(=C(c3ccc4ccccc4c3)\N=C/1c1cccc3c1sc1ccccc13)Cc1ccc3c4cc5ccccc5cc4n(c3c1)-c1c2ccc2c1oc1ccccc12. The van der Waals surface area contributed by atoms with E-state index in [2.05, 4.69) is 193 Å². The highest BCUT2D eigenvalue weighted by molar-refractivity contribution is 7.26. The smallest absolute Gasteiger partial charge is 0.160 e. The lowest BCUT2D eigenvalue weighted by atomic mass is 9.84. The molecular formula is C59H38N2OS. The van der Waals surface area contributed by atoms with Crippen molar-refractivity contribution in [2.45, 2.75) is 19.8 Å². The maximum absolute atomic E-state index is 7.06. The number of fused-ring (bicyclic) bond motifs is 17. The Hall–Kier alpha value is -7.53. The fourth-order valence-corrected chi connectivity index (χ4v) is 12.0. The van der Waals surface area contributed by atoms with Crippen LogP contribution in [0, 0.1) is 5.92 Å². The van der Waals surface area contributed by atoms with E-state index in [9.17, 15) is 0 Å². The number of hydrogen-bond donors (Lipinski definition) is 0. The number of thiophene rings is 1. The summed E-state index contributed by atoms with van der Waals surface area (Å²) in [5.41, 5.74) is 14.6. The van der Waals surface area contributed by atoms with Crippen LogP contribution in [0.2, 0.25) is 0 Å². The van der Waals surface area contributed by atoms with E-state index >= 15 is 0 Å². The molecule has 12 aromatic rings. The zero-order valence-electron chi connectivity index (χ0n) is 34.5. The van der Waals surface area contributed by atoms with E-state index in [1.54, 1.807) is 0 Å². The van der Waals surface area contributed by atoms with E-state index in [0.717, 1.165) is 56.6 Å². The number of benzene rings is 9. The highest BCUT2D eigenvalue weighted by Crippen LogP contribution is 2.48. The third-order valence-corrected chi connectivity index (χ3v) is 15.0. The molecule has 0 aliphatic carbocycles. The molecule has 0 N–H and O–H groups in total.